The summed E-state index contributed by atoms with van der Waals surface area (Å²) in [7, 11) is 4.91. The van der Waals surface area contributed by atoms with Crippen LogP contribution in [0, 0.1) is 0 Å². The fraction of sp³-hybridized carbons (Fsp3) is 0.276. The summed E-state index contributed by atoms with van der Waals surface area (Å²) < 4.78 is 17.0. The van der Waals surface area contributed by atoms with E-state index in [2.05, 4.69) is 62.2 Å². The van der Waals surface area contributed by atoms with E-state index in [-0.39, 0.29) is 12.0 Å². The third-order valence-corrected chi connectivity index (χ3v) is 6.11. The van der Waals surface area contributed by atoms with E-state index >= 15 is 0 Å². The van der Waals surface area contributed by atoms with Gasteiger partial charge in [0.05, 0.1) is 27.9 Å². The molecule has 0 aliphatic carbocycles. The molecule has 4 rings (SSSR count). The molecule has 0 amide bonds. The first-order valence-corrected chi connectivity index (χ1v) is 11.2. The van der Waals surface area contributed by atoms with E-state index in [9.17, 15) is 5.11 Å². The lowest BCUT2D eigenvalue weighted by Gasteiger charge is -2.21. The minimum atomic E-state index is -0.102. The lowest BCUT2D eigenvalue weighted by molar-refractivity contribution is 0.274. The second-order valence-electron chi connectivity index (χ2n) is 9.30. The molecule has 0 fully saturated rings. The van der Waals surface area contributed by atoms with Gasteiger partial charge in [-0.3, -0.25) is 4.98 Å². The van der Waals surface area contributed by atoms with Gasteiger partial charge in [-0.25, -0.2) is 0 Å². The predicted octanol–water partition coefficient (Wildman–Crippen LogP) is 6.38. The van der Waals surface area contributed by atoms with Crippen LogP contribution < -0.4 is 14.2 Å². The van der Waals surface area contributed by atoms with Crippen LogP contribution in [0.25, 0.3) is 33.2 Å². The maximum atomic E-state index is 9.62. The van der Waals surface area contributed by atoms with Crippen molar-refractivity contribution in [3.05, 3.63) is 71.9 Å². The monoisotopic (exact) mass is 457 g/mol. The summed E-state index contributed by atoms with van der Waals surface area (Å²) >= 11 is 0. The Labute approximate surface area is 201 Å². The molecule has 5 heteroatoms. The molecular formula is C29H31NO4. The zero-order valence-corrected chi connectivity index (χ0v) is 20.6. The van der Waals surface area contributed by atoms with Gasteiger partial charge in [-0.1, -0.05) is 57.2 Å². The SMILES string of the molecule is COc1cc(-c2cnc3c(OC)c(CO)ccc3c2)cc(-c2cccc(C(C)(C)C)c2)c1OC. The number of aliphatic hydroxyl groups is 1. The average molecular weight is 458 g/mol. The minimum Gasteiger partial charge on any atom is -0.494 e. The van der Waals surface area contributed by atoms with Crippen LogP contribution >= 0.6 is 0 Å². The van der Waals surface area contributed by atoms with Crippen LogP contribution in [-0.4, -0.2) is 31.4 Å². The Kier molecular flexibility index (Phi) is 6.49. The van der Waals surface area contributed by atoms with Crippen molar-refractivity contribution in [2.24, 2.45) is 0 Å². The molecule has 0 aliphatic rings. The first-order chi connectivity index (χ1) is 16.3. The second-order valence-corrected chi connectivity index (χ2v) is 9.30. The summed E-state index contributed by atoms with van der Waals surface area (Å²) in [5.74, 6) is 1.95. The number of benzene rings is 3. The topological polar surface area (TPSA) is 60.8 Å². The van der Waals surface area contributed by atoms with Gasteiger partial charge >= 0.3 is 0 Å². The molecule has 0 saturated carbocycles. The predicted molar refractivity (Wildman–Crippen MR) is 137 cm³/mol. The minimum absolute atomic E-state index is 0.0275. The Morgan fingerprint density at radius 3 is 2.21 bits per heavy atom. The van der Waals surface area contributed by atoms with E-state index in [1.54, 1.807) is 21.3 Å². The fourth-order valence-electron chi connectivity index (χ4n) is 4.23. The van der Waals surface area contributed by atoms with Crippen LogP contribution in [0.1, 0.15) is 31.9 Å². The number of hydrogen-bond donors (Lipinski definition) is 1. The molecule has 5 nitrogen and oxygen atoms in total. The van der Waals surface area contributed by atoms with Crippen LogP contribution in [0.4, 0.5) is 0 Å². The molecule has 1 aromatic heterocycles. The van der Waals surface area contributed by atoms with E-state index in [0.717, 1.165) is 33.2 Å². The fourth-order valence-corrected chi connectivity index (χ4v) is 4.23. The lowest BCUT2D eigenvalue weighted by Crippen LogP contribution is -2.10. The van der Waals surface area contributed by atoms with Gasteiger partial charge in [-0.05, 0) is 40.3 Å². The zero-order chi connectivity index (χ0) is 24.5. The summed E-state index contributed by atoms with van der Waals surface area (Å²) in [6, 6.07) is 18.5. The van der Waals surface area contributed by atoms with Gasteiger partial charge in [0.1, 0.15) is 5.52 Å². The summed E-state index contributed by atoms with van der Waals surface area (Å²) in [4.78, 5) is 4.68. The first kappa shape index (κ1) is 23.6. The smallest absolute Gasteiger partial charge is 0.168 e. The third-order valence-electron chi connectivity index (χ3n) is 6.11. The molecule has 0 unspecified atom stereocenters. The Balaban J connectivity index is 1.91. The molecule has 0 radical (unpaired) electrons. The van der Waals surface area contributed by atoms with E-state index in [1.807, 2.05) is 24.4 Å². The Hall–Kier alpha value is -3.57. The maximum Gasteiger partial charge on any atom is 0.168 e. The van der Waals surface area contributed by atoms with E-state index < -0.39 is 0 Å². The Bertz CT molecular complexity index is 1340. The molecule has 3 aromatic carbocycles. The van der Waals surface area contributed by atoms with Crippen molar-refractivity contribution in [2.75, 3.05) is 21.3 Å². The molecule has 0 saturated heterocycles. The lowest BCUT2D eigenvalue weighted by atomic mass is 9.85. The highest BCUT2D eigenvalue weighted by atomic mass is 16.5. The van der Waals surface area contributed by atoms with Gasteiger partial charge in [0.15, 0.2) is 17.2 Å². The number of hydrogen-bond acceptors (Lipinski definition) is 5. The van der Waals surface area contributed by atoms with Crippen LogP contribution in [0.15, 0.2) is 60.8 Å². The molecule has 1 heterocycles. The number of methoxy groups -OCH3 is 3. The summed E-state index contributed by atoms with van der Waals surface area (Å²) in [6.45, 7) is 6.52. The number of fused-ring (bicyclic) bond motifs is 1. The number of aliphatic hydroxyl groups excluding tert-OH is 1. The summed E-state index contributed by atoms with van der Waals surface area (Å²) in [5.41, 5.74) is 6.63. The third kappa shape index (κ3) is 4.31. The number of pyridine rings is 1. The van der Waals surface area contributed by atoms with Gasteiger partial charge in [0.25, 0.3) is 0 Å². The van der Waals surface area contributed by atoms with Crippen molar-refractivity contribution in [2.45, 2.75) is 32.8 Å². The molecule has 34 heavy (non-hydrogen) atoms. The molecule has 0 atom stereocenters. The number of aromatic nitrogens is 1. The average Bonchev–Trinajstić information content (AvgIpc) is 2.86. The van der Waals surface area contributed by atoms with Crippen LogP contribution in [-0.2, 0) is 12.0 Å². The number of rotatable bonds is 6. The molecule has 4 aromatic rings. The van der Waals surface area contributed by atoms with Crippen molar-refractivity contribution >= 4 is 10.9 Å². The second kappa shape index (κ2) is 9.35. The quantitative estimate of drug-likeness (QED) is 0.364. The van der Waals surface area contributed by atoms with Gasteiger partial charge in [-0.15, -0.1) is 0 Å². The van der Waals surface area contributed by atoms with Gasteiger partial charge in [0.2, 0.25) is 0 Å². The molecule has 176 valence electrons. The van der Waals surface area contributed by atoms with Gasteiger partial charge in [0, 0.05) is 28.3 Å². The van der Waals surface area contributed by atoms with Crippen LogP contribution in [0.2, 0.25) is 0 Å². The van der Waals surface area contributed by atoms with Crippen molar-refractivity contribution in [3.8, 4) is 39.5 Å². The van der Waals surface area contributed by atoms with Gasteiger partial charge < -0.3 is 19.3 Å². The highest BCUT2D eigenvalue weighted by Crippen LogP contribution is 2.43. The summed E-state index contributed by atoms with van der Waals surface area (Å²) in [6.07, 6.45) is 1.82. The van der Waals surface area contributed by atoms with E-state index in [1.165, 1.54) is 5.56 Å². The van der Waals surface area contributed by atoms with Crippen molar-refractivity contribution in [1.82, 2.24) is 4.98 Å². The summed E-state index contributed by atoms with van der Waals surface area (Å²) in [5, 5.41) is 10.6. The van der Waals surface area contributed by atoms with Crippen LogP contribution in [0.3, 0.4) is 0 Å². The number of nitrogens with zero attached hydrogens (tertiary/aromatic N) is 1. The highest BCUT2D eigenvalue weighted by Gasteiger charge is 2.19. The molecule has 0 bridgehead atoms. The van der Waals surface area contributed by atoms with E-state index in [0.29, 0.717) is 22.8 Å². The van der Waals surface area contributed by atoms with E-state index in [4.69, 9.17) is 14.2 Å². The van der Waals surface area contributed by atoms with Gasteiger partial charge in [-0.2, -0.15) is 0 Å². The molecule has 0 spiro atoms. The molecular weight excluding hydrogens is 426 g/mol. The molecule has 0 aliphatic heterocycles. The van der Waals surface area contributed by atoms with Crippen molar-refractivity contribution < 1.29 is 19.3 Å². The largest absolute Gasteiger partial charge is 0.494 e. The molecule has 1 N–H and O–H groups in total. The van der Waals surface area contributed by atoms with Crippen molar-refractivity contribution in [1.29, 1.82) is 0 Å². The number of ether oxygens (including phenoxy) is 3. The first-order valence-electron chi connectivity index (χ1n) is 11.2. The van der Waals surface area contributed by atoms with Crippen molar-refractivity contribution in [3.63, 3.8) is 0 Å². The maximum absolute atomic E-state index is 9.62. The highest BCUT2D eigenvalue weighted by molar-refractivity contribution is 5.90. The normalized spacial score (nSPS) is 11.5. The van der Waals surface area contributed by atoms with Crippen LogP contribution in [0.5, 0.6) is 17.2 Å². The zero-order valence-electron chi connectivity index (χ0n) is 20.6. The standard InChI is InChI=1S/C29H31NO4/c1-29(2,3)23-9-7-8-18(13-23)24-14-21(15-25(32-4)28(24)34-6)22-12-19-10-11-20(17-31)27(33-5)26(19)30-16-22/h7-16,31H,17H2,1-6H3. The Morgan fingerprint density at radius 2 is 1.56 bits per heavy atom. The Morgan fingerprint density at radius 1 is 0.794 bits per heavy atom.